The number of benzene rings is 1. The third-order valence-electron chi connectivity index (χ3n) is 4.16. The molecular weight excluding hydrogens is 354 g/mol. The average molecular weight is 374 g/mol. The number of rotatable bonds is 4. The van der Waals surface area contributed by atoms with E-state index in [9.17, 15) is 4.79 Å². The Balaban J connectivity index is 1.64. The van der Waals surface area contributed by atoms with Gasteiger partial charge in [-0.2, -0.15) is 0 Å². The number of likely N-dealkylation sites (tertiary alicyclic amines) is 1. The van der Waals surface area contributed by atoms with Gasteiger partial charge in [-0.25, -0.2) is 4.98 Å². The lowest BCUT2D eigenvalue weighted by Gasteiger charge is -2.18. The first-order chi connectivity index (χ1) is 11.0. The van der Waals surface area contributed by atoms with E-state index in [1.165, 1.54) is 11.1 Å². The molecule has 0 saturated carbocycles. The van der Waals surface area contributed by atoms with E-state index in [0.717, 1.165) is 28.8 Å². The molecule has 4 nitrogen and oxygen atoms in total. The molecular formula is C18H20BrN3O. The Bertz CT molecular complexity index is 715. The average Bonchev–Trinajstić information content (AvgIpc) is 2.86. The van der Waals surface area contributed by atoms with E-state index in [-0.39, 0.29) is 11.9 Å². The molecule has 0 radical (unpaired) electrons. The highest BCUT2D eigenvalue weighted by Crippen LogP contribution is 2.21. The molecule has 23 heavy (non-hydrogen) atoms. The van der Waals surface area contributed by atoms with E-state index in [1.54, 1.807) is 6.20 Å². The Kier molecular flexibility index (Phi) is 4.66. The minimum Gasteiger partial charge on any atom is -0.358 e. The molecule has 1 aliphatic heterocycles. The van der Waals surface area contributed by atoms with E-state index < -0.39 is 0 Å². The van der Waals surface area contributed by atoms with Crippen LogP contribution in [-0.2, 0) is 11.3 Å². The van der Waals surface area contributed by atoms with Crippen molar-refractivity contribution in [2.75, 3.05) is 11.9 Å². The maximum atomic E-state index is 12.6. The largest absolute Gasteiger partial charge is 0.358 e. The molecule has 120 valence electrons. The second-order valence-corrected chi connectivity index (χ2v) is 6.90. The Hall–Kier alpha value is -1.88. The lowest BCUT2D eigenvalue weighted by atomic mass is 10.1. The van der Waals surface area contributed by atoms with Gasteiger partial charge in [0.05, 0.1) is 0 Å². The summed E-state index contributed by atoms with van der Waals surface area (Å²) in [5.41, 5.74) is 3.50. The zero-order chi connectivity index (χ0) is 16.4. The van der Waals surface area contributed by atoms with Crippen LogP contribution in [0.15, 0.2) is 41.0 Å². The van der Waals surface area contributed by atoms with Crippen molar-refractivity contribution in [3.8, 4) is 0 Å². The summed E-state index contributed by atoms with van der Waals surface area (Å²) in [5.74, 6) is 0.897. The number of halogens is 1. The summed E-state index contributed by atoms with van der Waals surface area (Å²) in [6, 6.07) is 10.1. The number of aryl methyl sites for hydroxylation is 2. The summed E-state index contributed by atoms with van der Waals surface area (Å²) in [6.07, 6.45) is 2.57. The van der Waals surface area contributed by atoms with Crippen molar-refractivity contribution in [3.63, 3.8) is 0 Å². The van der Waals surface area contributed by atoms with Crippen molar-refractivity contribution < 1.29 is 4.79 Å². The van der Waals surface area contributed by atoms with Crippen LogP contribution in [0.25, 0.3) is 0 Å². The molecule has 0 bridgehead atoms. The molecule has 1 saturated heterocycles. The van der Waals surface area contributed by atoms with Crippen molar-refractivity contribution in [2.45, 2.75) is 32.9 Å². The monoisotopic (exact) mass is 373 g/mol. The highest BCUT2D eigenvalue weighted by atomic mass is 79.9. The number of carbonyl (C=O) groups excluding carboxylic acids is 1. The Morgan fingerprint density at radius 2 is 2.04 bits per heavy atom. The minimum atomic E-state index is -0.187. The Morgan fingerprint density at radius 3 is 2.74 bits per heavy atom. The van der Waals surface area contributed by atoms with Gasteiger partial charge in [-0.15, -0.1) is 0 Å². The number of hydrogen-bond acceptors (Lipinski definition) is 3. The molecule has 1 atom stereocenters. The summed E-state index contributed by atoms with van der Waals surface area (Å²) < 4.78 is 0.974. The highest BCUT2D eigenvalue weighted by Gasteiger charge is 2.31. The quantitative estimate of drug-likeness (QED) is 0.888. The van der Waals surface area contributed by atoms with Crippen LogP contribution in [0.2, 0.25) is 0 Å². The molecule has 1 N–H and O–H groups in total. The molecule has 3 rings (SSSR count). The van der Waals surface area contributed by atoms with Gasteiger partial charge in [0, 0.05) is 23.8 Å². The van der Waals surface area contributed by atoms with E-state index in [2.05, 4.69) is 57.4 Å². The number of aromatic nitrogens is 1. The number of amides is 1. The zero-order valence-corrected chi connectivity index (χ0v) is 14.9. The van der Waals surface area contributed by atoms with Crippen LogP contribution < -0.4 is 5.32 Å². The summed E-state index contributed by atoms with van der Waals surface area (Å²) in [7, 11) is 0. The third-order valence-corrected chi connectivity index (χ3v) is 4.99. The Morgan fingerprint density at radius 1 is 1.30 bits per heavy atom. The van der Waals surface area contributed by atoms with Crippen molar-refractivity contribution in [1.29, 1.82) is 0 Å². The topological polar surface area (TPSA) is 45.2 Å². The van der Waals surface area contributed by atoms with E-state index in [4.69, 9.17) is 0 Å². The summed E-state index contributed by atoms with van der Waals surface area (Å²) in [6.45, 7) is 5.53. The van der Waals surface area contributed by atoms with Crippen LogP contribution in [-0.4, -0.2) is 28.4 Å². The number of anilines is 1. The van der Waals surface area contributed by atoms with Gasteiger partial charge < -0.3 is 10.2 Å². The first-order valence-corrected chi connectivity index (χ1v) is 8.55. The van der Waals surface area contributed by atoms with Crippen LogP contribution in [0, 0.1) is 13.8 Å². The van der Waals surface area contributed by atoms with Crippen LogP contribution in [0.4, 0.5) is 5.82 Å². The molecule has 0 spiro atoms. The van der Waals surface area contributed by atoms with Gasteiger partial charge in [0.15, 0.2) is 0 Å². The molecule has 1 aromatic carbocycles. The summed E-state index contributed by atoms with van der Waals surface area (Å²) in [4.78, 5) is 18.8. The standard InChI is InChI=1S/C18H20BrN3O/c1-12-3-5-14(6-4-12)11-22-8-7-16(18(22)23)21-17-9-13(2)15(19)10-20-17/h3-6,9-10,16H,7-8,11H2,1-2H3,(H,20,21). The van der Waals surface area contributed by atoms with Crippen LogP contribution in [0.5, 0.6) is 0 Å². The number of hydrogen-bond donors (Lipinski definition) is 1. The predicted molar refractivity (Wildman–Crippen MR) is 95.3 cm³/mol. The fraction of sp³-hybridized carbons (Fsp3) is 0.333. The van der Waals surface area contributed by atoms with Gasteiger partial charge in [-0.1, -0.05) is 29.8 Å². The molecule has 0 aliphatic carbocycles. The number of pyridine rings is 1. The SMILES string of the molecule is Cc1ccc(CN2CCC(Nc3cc(C)c(Br)cn3)C2=O)cc1. The first kappa shape index (κ1) is 16.0. The summed E-state index contributed by atoms with van der Waals surface area (Å²) >= 11 is 3.44. The predicted octanol–water partition coefficient (Wildman–Crippen LogP) is 3.67. The van der Waals surface area contributed by atoms with Crippen molar-refractivity contribution in [3.05, 3.63) is 57.7 Å². The van der Waals surface area contributed by atoms with E-state index in [0.29, 0.717) is 6.54 Å². The third kappa shape index (κ3) is 3.72. The van der Waals surface area contributed by atoms with Crippen LogP contribution in [0.3, 0.4) is 0 Å². The van der Waals surface area contributed by atoms with Crippen LogP contribution >= 0.6 is 15.9 Å². The lowest BCUT2D eigenvalue weighted by molar-refractivity contribution is -0.128. The van der Waals surface area contributed by atoms with Crippen molar-refractivity contribution >= 4 is 27.7 Å². The molecule has 1 aliphatic rings. The van der Waals surface area contributed by atoms with E-state index >= 15 is 0 Å². The smallest absolute Gasteiger partial charge is 0.245 e. The summed E-state index contributed by atoms with van der Waals surface area (Å²) in [5, 5.41) is 3.26. The fourth-order valence-electron chi connectivity index (χ4n) is 2.74. The number of nitrogens with one attached hydrogen (secondary N) is 1. The Labute approximate surface area is 145 Å². The van der Waals surface area contributed by atoms with Crippen LogP contribution in [0.1, 0.15) is 23.1 Å². The van der Waals surface area contributed by atoms with E-state index in [1.807, 2.05) is 17.9 Å². The second kappa shape index (κ2) is 6.71. The molecule has 1 aromatic heterocycles. The minimum absolute atomic E-state index is 0.146. The fourth-order valence-corrected chi connectivity index (χ4v) is 2.96. The first-order valence-electron chi connectivity index (χ1n) is 7.76. The van der Waals surface area contributed by atoms with Gasteiger partial charge >= 0.3 is 0 Å². The van der Waals surface area contributed by atoms with Crippen molar-refractivity contribution in [2.24, 2.45) is 0 Å². The molecule has 1 unspecified atom stereocenters. The second-order valence-electron chi connectivity index (χ2n) is 6.05. The van der Waals surface area contributed by atoms with Gasteiger partial charge in [0.2, 0.25) is 5.91 Å². The van der Waals surface area contributed by atoms with Crippen molar-refractivity contribution in [1.82, 2.24) is 9.88 Å². The number of carbonyl (C=O) groups is 1. The molecule has 1 amide bonds. The van der Waals surface area contributed by atoms with Gasteiger partial charge in [-0.3, -0.25) is 4.79 Å². The van der Waals surface area contributed by atoms with Gasteiger partial charge in [-0.05, 0) is 53.4 Å². The maximum Gasteiger partial charge on any atom is 0.245 e. The number of nitrogens with zero attached hydrogens (tertiary/aromatic N) is 2. The normalized spacial score (nSPS) is 17.6. The lowest BCUT2D eigenvalue weighted by Crippen LogP contribution is -2.33. The van der Waals surface area contributed by atoms with Gasteiger partial charge in [0.1, 0.15) is 11.9 Å². The molecule has 2 aromatic rings. The molecule has 5 heteroatoms. The maximum absolute atomic E-state index is 12.6. The highest BCUT2D eigenvalue weighted by molar-refractivity contribution is 9.10. The molecule has 1 fully saturated rings. The zero-order valence-electron chi connectivity index (χ0n) is 13.3. The molecule has 2 heterocycles. The van der Waals surface area contributed by atoms with Gasteiger partial charge in [0.25, 0.3) is 0 Å².